The average molecular weight is 406 g/mol. The van der Waals surface area contributed by atoms with Crippen LogP contribution in [0.1, 0.15) is 42.5 Å². The van der Waals surface area contributed by atoms with Gasteiger partial charge in [0.05, 0.1) is 16.6 Å². The van der Waals surface area contributed by atoms with Gasteiger partial charge in [-0.05, 0) is 44.5 Å². The summed E-state index contributed by atoms with van der Waals surface area (Å²) in [5.41, 5.74) is 1.65. The first kappa shape index (κ1) is 19.8. The van der Waals surface area contributed by atoms with Crippen molar-refractivity contribution in [2.75, 3.05) is 6.54 Å². The van der Waals surface area contributed by atoms with Gasteiger partial charge in [0.15, 0.2) is 0 Å². The number of H-pyrrole nitrogens is 1. The molecule has 2 heterocycles. The Labute approximate surface area is 172 Å². The summed E-state index contributed by atoms with van der Waals surface area (Å²) in [4.78, 5) is 32.4. The number of carbonyl (C=O) groups excluding carboxylic acids is 1. The van der Waals surface area contributed by atoms with Gasteiger partial charge in [-0.15, -0.1) is 0 Å². The van der Waals surface area contributed by atoms with E-state index in [1.165, 1.54) is 24.4 Å². The molecule has 30 heavy (non-hydrogen) atoms. The van der Waals surface area contributed by atoms with Gasteiger partial charge in [0, 0.05) is 30.6 Å². The second-order valence-electron chi connectivity index (χ2n) is 7.53. The molecule has 0 fully saturated rings. The maximum absolute atomic E-state index is 13.8. The van der Waals surface area contributed by atoms with E-state index in [1.54, 1.807) is 0 Å². The Balaban J connectivity index is 1.44. The first-order valence-corrected chi connectivity index (χ1v) is 10.0. The number of carbonyl (C=O) groups is 1. The number of amides is 1. The van der Waals surface area contributed by atoms with Crippen molar-refractivity contribution in [3.63, 3.8) is 0 Å². The van der Waals surface area contributed by atoms with Crippen LogP contribution in [0, 0.1) is 5.82 Å². The van der Waals surface area contributed by atoms with Crippen molar-refractivity contribution in [2.45, 2.75) is 32.7 Å². The molecule has 0 aliphatic rings. The largest absolute Gasteiger partial charge is 0.358 e. The van der Waals surface area contributed by atoms with Gasteiger partial charge in [0.25, 0.3) is 5.91 Å². The minimum atomic E-state index is -0.524. The van der Waals surface area contributed by atoms with Crippen LogP contribution in [0.4, 0.5) is 4.39 Å². The number of aromatic amines is 1. The van der Waals surface area contributed by atoms with Crippen molar-refractivity contribution in [3.8, 4) is 0 Å². The predicted octanol–water partition coefficient (Wildman–Crippen LogP) is 3.96. The van der Waals surface area contributed by atoms with Crippen LogP contribution in [0.2, 0.25) is 0 Å². The van der Waals surface area contributed by atoms with Gasteiger partial charge in [-0.25, -0.2) is 9.37 Å². The molecule has 2 aromatic carbocycles. The van der Waals surface area contributed by atoms with Crippen LogP contribution < -0.4 is 10.7 Å². The topological polar surface area (TPSA) is 79.8 Å². The molecule has 1 amide bonds. The molecule has 7 heteroatoms. The van der Waals surface area contributed by atoms with Crippen molar-refractivity contribution in [3.05, 3.63) is 76.1 Å². The molecule has 0 aliphatic heterocycles. The molecule has 0 saturated carbocycles. The van der Waals surface area contributed by atoms with Gasteiger partial charge in [-0.3, -0.25) is 9.59 Å². The van der Waals surface area contributed by atoms with Gasteiger partial charge in [-0.2, -0.15) is 0 Å². The van der Waals surface area contributed by atoms with Gasteiger partial charge >= 0.3 is 0 Å². The number of rotatable bonds is 6. The molecule has 0 unspecified atom stereocenters. The zero-order valence-corrected chi connectivity index (χ0v) is 16.9. The molecule has 2 N–H and O–H groups in total. The van der Waals surface area contributed by atoms with E-state index in [0.717, 1.165) is 16.9 Å². The summed E-state index contributed by atoms with van der Waals surface area (Å²) in [5.74, 6) is -0.0242. The Bertz CT molecular complexity index is 1290. The number of para-hydroxylation sites is 3. The zero-order chi connectivity index (χ0) is 21.3. The molecule has 0 bridgehead atoms. The van der Waals surface area contributed by atoms with E-state index in [-0.39, 0.29) is 22.5 Å². The van der Waals surface area contributed by atoms with E-state index in [1.807, 2.05) is 18.2 Å². The van der Waals surface area contributed by atoms with Crippen molar-refractivity contribution < 1.29 is 9.18 Å². The summed E-state index contributed by atoms with van der Waals surface area (Å²) in [7, 11) is 0. The maximum Gasteiger partial charge on any atom is 0.256 e. The number of benzene rings is 2. The molecule has 6 nitrogen and oxygen atoms in total. The number of aromatic nitrogens is 3. The Morgan fingerprint density at radius 2 is 2.00 bits per heavy atom. The highest BCUT2D eigenvalue weighted by Crippen LogP contribution is 2.21. The lowest BCUT2D eigenvalue weighted by molar-refractivity contribution is 0.0952. The normalized spacial score (nSPS) is 11.5. The van der Waals surface area contributed by atoms with E-state index >= 15 is 0 Å². The van der Waals surface area contributed by atoms with Crippen LogP contribution in [-0.4, -0.2) is 27.0 Å². The lowest BCUT2D eigenvalue weighted by Crippen LogP contribution is -2.30. The van der Waals surface area contributed by atoms with Crippen LogP contribution >= 0.6 is 0 Å². The van der Waals surface area contributed by atoms with Gasteiger partial charge in [0.1, 0.15) is 17.2 Å². The number of halogens is 1. The summed E-state index contributed by atoms with van der Waals surface area (Å²) in [6.07, 6.45) is 2.65. The molecule has 4 aromatic rings. The highest BCUT2D eigenvalue weighted by atomic mass is 19.1. The van der Waals surface area contributed by atoms with E-state index in [4.69, 9.17) is 4.98 Å². The van der Waals surface area contributed by atoms with E-state index in [0.29, 0.717) is 19.4 Å². The summed E-state index contributed by atoms with van der Waals surface area (Å²) >= 11 is 0. The standard InChI is InChI=1S/C23H23FN4O2/c1-14(2)28-19-10-4-3-9-18(19)27-20(28)11-6-12-25-23(30)16-13-26-21-15(22(16)29)7-5-8-17(21)24/h3-5,7-10,13-14H,6,11-12H2,1-2H3,(H,25,30)(H,26,29). The van der Waals surface area contributed by atoms with Crippen LogP contribution in [0.3, 0.4) is 0 Å². The van der Waals surface area contributed by atoms with Crippen LogP contribution in [0.25, 0.3) is 21.9 Å². The molecule has 0 aliphatic carbocycles. The first-order chi connectivity index (χ1) is 14.5. The molecule has 2 aromatic heterocycles. The fraction of sp³-hybridized carbons (Fsp3) is 0.261. The molecular weight excluding hydrogens is 383 g/mol. The third-order valence-electron chi connectivity index (χ3n) is 5.16. The lowest BCUT2D eigenvalue weighted by atomic mass is 10.1. The Kier molecular flexibility index (Phi) is 5.35. The fourth-order valence-corrected chi connectivity index (χ4v) is 3.77. The molecule has 0 atom stereocenters. The number of hydrogen-bond donors (Lipinski definition) is 2. The number of imidazole rings is 1. The number of aryl methyl sites for hydroxylation is 1. The van der Waals surface area contributed by atoms with E-state index in [9.17, 15) is 14.0 Å². The lowest BCUT2D eigenvalue weighted by Gasteiger charge is -2.13. The smallest absolute Gasteiger partial charge is 0.256 e. The summed E-state index contributed by atoms with van der Waals surface area (Å²) in [6.45, 7) is 4.64. The van der Waals surface area contributed by atoms with Gasteiger partial charge in [-0.1, -0.05) is 18.2 Å². The molecule has 4 rings (SSSR count). The number of fused-ring (bicyclic) bond motifs is 2. The molecule has 0 radical (unpaired) electrons. The van der Waals surface area contributed by atoms with Gasteiger partial charge < -0.3 is 14.9 Å². The number of hydrogen-bond acceptors (Lipinski definition) is 3. The fourth-order valence-electron chi connectivity index (χ4n) is 3.77. The molecule has 0 spiro atoms. The highest BCUT2D eigenvalue weighted by molar-refractivity contribution is 5.97. The Hall–Kier alpha value is -3.48. The quantitative estimate of drug-likeness (QED) is 0.476. The second-order valence-corrected chi connectivity index (χ2v) is 7.53. The van der Waals surface area contributed by atoms with Crippen LogP contribution in [0.15, 0.2) is 53.5 Å². The minimum Gasteiger partial charge on any atom is -0.358 e. The predicted molar refractivity (Wildman–Crippen MR) is 115 cm³/mol. The number of nitrogens with one attached hydrogen (secondary N) is 2. The Morgan fingerprint density at radius 1 is 1.20 bits per heavy atom. The minimum absolute atomic E-state index is 0.0254. The molecule has 0 saturated heterocycles. The van der Waals surface area contributed by atoms with Crippen LogP contribution in [0.5, 0.6) is 0 Å². The average Bonchev–Trinajstić information content (AvgIpc) is 3.10. The Morgan fingerprint density at radius 3 is 2.80 bits per heavy atom. The van der Waals surface area contributed by atoms with Crippen LogP contribution in [-0.2, 0) is 6.42 Å². The van der Waals surface area contributed by atoms with Crippen molar-refractivity contribution in [1.29, 1.82) is 0 Å². The van der Waals surface area contributed by atoms with E-state index < -0.39 is 17.2 Å². The van der Waals surface area contributed by atoms with Crippen molar-refractivity contribution in [1.82, 2.24) is 19.9 Å². The number of pyridine rings is 1. The highest BCUT2D eigenvalue weighted by Gasteiger charge is 2.15. The third kappa shape index (κ3) is 3.58. The third-order valence-corrected chi connectivity index (χ3v) is 5.16. The number of nitrogens with zero attached hydrogens (tertiary/aromatic N) is 2. The zero-order valence-electron chi connectivity index (χ0n) is 16.9. The van der Waals surface area contributed by atoms with Gasteiger partial charge in [0.2, 0.25) is 5.43 Å². The first-order valence-electron chi connectivity index (χ1n) is 10.0. The van der Waals surface area contributed by atoms with Crippen molar-refractivity contribution in [2.24, 2.45) is 0 Å². The summed E-state index contributed by atoms with van der Waals surface area (Å²) in [6, 6.07) is 12.5. The maximum atomic E-state index is 13.8. The van der Waals surface area contributed by atoms with Crippen molar-refractivity contribution >= 4 is 27.8 Å². The molecular formula is C23H23FN4O2. The molecule has 154 valence electrons. The summed E-state index contributed by atoms with van der Waals surface area (Å²) < 4.78 is 16.0. The second kappa shape index (κ2) is 8.10. The van der Waals surface area contributed by atoms with E-state index in [2.05, 4.69) is 34.8 Å². The summed E-state index contributed by atoms with van der Waals surface area (Å²) in [5, 5.41) is 2.94. The monoisotopic (exact) mass is 406 g/mol. The SMILES string of the molecule is CC(C)n1c(CCCNC(=O)c2c[nH]c3c(F)cccc3c2=O)nc2ccccc21.